The van der Waals surface area contributed by atoms with Gasteiger partial charge in [-0.1, -0.05) is 42.5 Å². The second kappa shape index (κ2) is 8.49. The van der Waals surface area contributed by atoms with Gasteiger partial charge in [-0.15, -0.1) is 0 Å². The molecule has 0 aromatic heterocycles. The second-order valence-electron chi connectivity index (χ2n) is 6.12. The third-order valence-corrected chi connectivity index (χ3v) is 3.95. The van der Waals surface area contributed by atoms with E-state index < -0.39 is 0 Å². The molecule has 0 heterocycles. The fourth-order valence-corrected chi connectivity index (χ4v) is 2.72. The Balaban J connectivity index is 1.88. The third kappa shape index (κ3) is 5.87. The molecule has 0 aliphatic carbocycles. The van der Waals surface area contributed by atoms with E-state index >= 15 is 0 Å². The van der Waals surface area contributed by atoms with Crippen molar-refractivity contribution in [2.45, 2.75) is 45.7 Å². The first-order chi connectivity index (χ1) is 11.0. The molecule has 1 amide bonds. The minimum absolute atomic E-state index is 0.0426. The van der Waals surface area contributed by atoms with Gasteiger partial charge in [-0.05, 0) is 49.9 Å². The molecule has 2 aromatic carbocycles. The van der Waals surface area contributed by atoms with Gasteiger partial charge in [-0.3, -0.25) is 4.79 Å². The van der Waals surface area contributed by atoms with Gasteiger partial charge < -0.3 is 10.6 Å². The smallest absolute Gasteiger partial charge is 0.221 e. The molecule has 0 fully saturated rings. The number of anilines is 1. The molecule has 0 saturated carbocycles. The van der Waals surface area contributed by atoms with Gasteiger partial charge in [0.05, 0.1) is 0 Å². The zero-order valence-electron chi connectivity index (χ0n) is 14.2. The highest BCUT2D eigenvalue weighted by Gasteiger charge is 2.10. The number of hydrogen-bond acceptors (Lipinski definition) is 2. The maximum absolute atomic E-state index is 11.2. The van der Waals surface area contributed by atoms with Crippen LogP contribution in [0, 0.1) is 0 Å². The lowest BCUT2D eigenvalue weighted by Gasteiger charge is -2.21. The second-order valence-corrected chi connectivity index (χ2v) is 6.12. The summed E-state index contributed by atoms with van der Waals surface area (Å²) in [6.45, 7) is 5.91. The van der Waals surface area contributed by atoms with Crippen molar-refractivity contribution in [2.75, 3.05) is 5.32 Å². The van der Waals surface area contributed by atoms with Crippen molar-refractivity contribution >= 4 is 11.6 Å². The summed E-state index contributed by atoms with van der Waals surface area (Å²) in [5.74, 6) is -0.0426. The summed E-state index contributed by atoms with van der Waals surface area (Å²) in [6.07, 6.45) is 2.17. The molecule has 23 heavy (non-hydrogen) atoms. The summed E-state index contributed by atoms with van der Waals surface area (Å²) < 4.78 is 0. The van der Waals surface area contributed by atoms with E-state index in [1.165, 1.54) is 18.1 Å². The maximum Gasteiger partial charge on any atom is 0.221 e. The molecule has 2 rings (SSSR count). The molecule has 0 saturated heterocycles. The third-order valence-electron chi connectivity index (χ3n) is 3.95. The predicted molar refractivity (Wildman–Crippen MR) is 96.5 cm³/mol. The van der Waals surface area contributed by atoms with Crippen molar-refractivity contribution in [2.24, 2.45) is 0 Å². The van der Waals surface area contributed by atoms with Gasteiger partial charge in [-0.2, -0.15) is 0 Å². The average Bonchev–Trinajstić information content (AvgIpc) is 2.53. The van der Waals surface area contributed by atoms with Gasteiger partial charge in [0.25, 0.3) is 0 Å². The Morgan fingerprint density at radius 3 is 2.48 bits per heavy atom. The summed E-state index contributed by atoms with van der Waals surface area (Å²) in [5, 5.41) is 6.47. The lowest BCUT2D eigenvalue weighted by molar-refractivity contribution is -0.114. The van der Waals surface area contributed by atoms with E-state index in [1.807, 2.05) is 18.2 Å². The highest BCUT2D eigenvalue weighted by atomic mass is 16.1. The molecule has 0 spiro atoms. The van der Waals surface area contributed by atoms with E-state index in [0.717, 1.165) is 18.5 Å². The van der Waals surface area contributed by atoms with Gasteiger partial charge in [0.1, 0.15) is 0 Å². The van der Waals surface area contributed by atoms with Crippen LogP contribution in [-0.4, -0.2) is 11.9 Å². The van der Waals surface area contributed by atoms with Gasteiger partial charge in [0.15, 0.2) is 0 Å². The molecule has 2 N–H and O–H groups in total. The van der Waals surface area contributed by atoms with E-state index in [1.54, 1.807) is 0 Å². The number of aryl methyl sites for hydroxylation is 1. The van der Waals surface area contributed by atoms with Crippen molar-refractivity contribution in [1.82, 2.24) is 5.32 Å². The molecule has 2 atom stereocenters. The highest BCUT2D eigenvalue weighted by Crippen LogP contribution is 2.18. The largest absolute Gasteiger partial charge is 0.326 e. The van der Waals surface area contributed by atoms with E-state index in [4.69, 9.17) is 0 Å². The number of amides is 1. The molecular formula is C20H26N2O. The lowest BCUT2D eigenvalue weighted by atomic mass is 10.0. The molecule has 0 aliphatic heterocycles. The number of nitrogens with one attached hydrogen (secondary N) is 2. The first-order valence-corrected chi connectivity index (χ1v) is 8.22. The molecule has 2 unspecified atom stereocenters. The van der Waals surface area contributed by atoms with Gasteiger partial charge in [0.2, 0.25) is 5.91 Å². The Morgan fingerprint density at radius 2 is 1.78 bits per heavy atom. The Bertz CT molecular complexity index is 625. The van der Waals surface area contributed by atoms with Gasteiger partial charge >= 0.3 is 0 Å². The van der Waals surface area contributed by atoms with Crippen LogP contribution < -0.4 is 10.6 Å². The number of carbonyl (C=O) groups excluding carboxylic acids is 1. The van der Waals surface area contributed by atoms with Crippen LogP contribution in [-0.2, 0) is 11.2 Å². The van der Waals surface area contributed by atoms with Crippen molar-refractivity contribution < 1.29 is 4.79 Å². The molecule has 3 nitrogen and oxygen atoms in total. The van der Waals surface area contributed by atoms with Crippen LogP contribution in [0.5, 0.6) is 0 Å². The normalized spacial score (nSPS) is 13.3. The Labute approximate surface area is 139 Å². The first-order valence-electron chi connectivity index (χ1n) is 8.22. The summed E-state index contributed by atoms with van der Waals surface area (Å²) >= 11 is 0. The standard InChI is InChI=1S/C20H26N2O/c1-15(12-13-18-8-5-4-6-9-18)21-16(2)19-10-7-11-20(14-19)22-17(3)23/h4-11,14-16,21H,12-13H2,1-3H3,(H,22,23). The summed E-state index contributed by atoms with van der Waals surface area (Å²) in [7, 11) is 0. The van der Waals surface area contributed by atoms with Gasteiger partial charge in [-0.25, -0.2) is 0 Å². The first kappa shape index (κ1) is 17.2. The number of benzene rings is 2. The van der Waals surface area contributed by atoms with Crippen LogP contribution in [0.2, 0.25) is 0 Å². The van der Waals surface area contributed by atoms with Gasteiger partial charge in [0, 0.05) is 24.7 Å². The summed E-state index contributed by atoms with van der Waals surface area (Å²) in [6, 6.07) is 19.3. The van der Waals surface area contributed by atoms with Crippen molar-refractivity contribution in [3.63, 3.8) is 0 Å². The summed E-state index contributed by atoms with van der Waals surface area (Å²) in [4.78, 5) is 11.2. The van der Waals surface area contributed by atoms with E-state index in [0.29, 0.717) is 6.04 Å². The van der Waals surface area contributed by atoms with Crippen LogP contribution in [0.25, 0.3) is 0 Å². The molecule has 0 bridgehead atoms. The highest BCUT2D eigenvalue weighted by molar-refractivity contribution is 5.88. The molecule has 122 valence electrons. The van der Waals surface area contributed by atoms with Crippen LogP contribution >= 0.6 is 0 Å². The van der Waals surface area contributed by atoms with Crippen LogP contribution in [0.15, 0.2) is 54.6 Å². The molecule has 2 aromatic rings. The lowest BCUT2D eigenvalue weighted by Crippen LogP contribution is -2.29. The molecular weight excluding hydrogens is 284 g/mol. The minimum Gasteiger partial charge on any atom is -0.326 e. The topological polar surface area (TPSA) is 41.1 Å². The van der Waals surface area contributed by atoms with E-state index in [-0.39, 0.29) is 11.9 Å². The summed E-state index contributed by atoms with van der Waals surface area (Å²) in [5.41, 5.74) is 3.41. The fourth-order valence-electron chi connectivity index (χ4n) is 2.72. The molecule has 0 aliphatic rings. The number of carbonyl (C=O) groups is 1. The number of rotatable bonds is 7. The zero-order valence-corrected chi connectivity index (χ0v) is 14.2. The Kier molecular flexibility index (Phi) is 6.36. The zero-order chi connectivity index (χ0) is 16.7. The van der Waals surface area contributed by atoms with Crippen LogP contribution in [0.3, 0.4) is 0 Å². The van der Waals surface area contributed by atoms with Crippen LogP contribution in [0.1, 0.15) is 44.4 Å². The minimum atomic E-state index is -0.0426. The molecule has 3 heteroatoms. The SMILES string of the molecule is CC(=O)Nc1cccc(C(C)NC(C)CCc2ccccc2)c1. The van der Waals surface area contributed by atoms with E-state index in [2.05, 4.69) is 60.9 Å². The fraction of sp³-hybridized carbons (Fsp3) is 0.350. The average molecular weight is 310 g/mol. The van der Waals surface area contributed by atoms with E-state index in [9.17, 15) is 4.79 Å². The van der Waals surface area contributed by atoms with Crippen molar-refractivity contribution in [3.05, 3.63) is 65.7 Å². The predicted octanol–water partition coefficient (Wildman–Crippen LogP) is 4.32. The molecule has 0 radical (unpaired) electrons. The van der Waals surface area contributed by atoms with Crippen molar-refractivity contribution in [1.29, 1.82) is 0 Å². The number of hydrogen-bond donors (Lipinski definition) is 2. The van der Waals surface area contributed by atoms with Crippen LogP contribution in [0.4, 0.5) is 5.69 Å². The Morgan fingerprint density at radius 1 is 1.04 bits per heavy atom. The van der Waals surface area contributed by atoms with Crippen molar-refractivity contribution in [3.8, 4) is 0 Å². The Hall–Kier alpha value is -2.13. The maximum atomic E-state index is 11.2. The monoisotopic (exact) mass is 310 g/mol. The quantitative estimate of drug-likeness (QED) is 0.800.